The van der Waals surface area contributed by atoms with Crippen LogP contribution < -0.4 is 10.6 Å². The third-order valence-electron chi connectivity index (χ3n) is 5.01. The molecular weight excluding hydrogens is 315 g/mol. The molecule has 0 radical (unpaired) electrons. The number of fused-ring (bicyclic) bond motifs is 2. The molecule has 122 valence electrons. The molecule has 0 N–H and O–H groups in total. The zero-order valence-electron chi connectivity index (χ0n) is 14.0. The van der Waals surface area contributed by atoms with Crippen LogP contribution in [0.5, 0.6) is 0 Å². The maximum atomic E-state index is 5.85. The summed E-state index contributed by atoms with van der Waals surface area (Å²) in [6.07, 6.45) is 6.26. The first kappa shape index (κ1) is 15.5. The zero-order chi connectivity index (χ0) is 16.6. The summed E-state index contributed by atoms with van der Waals surface area (Å²) in [4.78, 5) is 0. The van der Waals surface area contributed by atoms with E-state index in [0.29, 0.717) is 0 Å². The van der Waals surface area contributed by atoms with Crippen LogP contribution in [0.3, 0.4) is 0 Å². The van der Waals surface area contributed by atoms with E-state index in [1.165, 1.54) is 16.2 Å². The quantitative estimate of drug-likeness (QED) is 0.793. The zero-order valence-corrected chi connectivity index (χ0v) is 14.9. The van der Waals surface area contributed by atoms with Gasteiger partial charge in [-0.1, -0.05) is 54.6 Å². The number of hydrogen-bond acceptors (Lipinski definition) is 2. The van der Waals surface area contributed by atoms with Crippen molar-refractivity contribution in [3.63, 3.8) is 0 Å². The van der Waals surface area contributed by atoms with Crippen molar-refractivity contribution in [2.24, 2.45) is 0 Å². The van der Waals surface area contributed by atoms with Crippen molar-refractivity contribution in [3.8, 4) is 0 Å². The number of hydrogen-bond donors (Lipinski definition) is 0. The third-order valence-corrected chi connectivity index (χ3v) is 7.69. The van der Waals surface area contributed by atoms with Gasteiger partial charge < -0.3 is 9.47 Å². The van der Waals surface area contributed by atoms with Gasteiger partial charge in [0.2, 0.25) is 0 Å². The molecule has 0 aromatic heterocycles. The minimum atomic E-state index is -0.434. The van der Waals surface area contributed by atoms with Crippen molar-refractivity contribution in [2.75, 3.05) is 20.4 Å². The fourth-order valence-corrected chi connectivity index (χ4v) is 6.94. The SMILES string of the molecule is COC1=CCC=C(OC)C12C[P@@](c1ccccc1)c1ccccc12. The summed E-state index contributed by atoms with van der Waals surface area (Å²) in [5.41, 5.74) is 1.06. The molecule has 1 spiro atoms. The lowest BCUT2D eigenvalue weighted by molar-refractivity contribution is 0.178. The highest BCUT2D eigenvalue weighted by molar-refractivity contribution is 7.73. The molecule has 0 bridgehead atoms. The van der Waals surface area contributed by atoms with Crippen LogP contribution in [-0.4, -0.2) is 20.4 Å². The van der Waals surface area contributed by atoms with E-state index in [1.807, 2.05) is 0 Å². The average molecular weight is 336 g/mol. The second kappa shape index (κ2) is 6.11. The predicted octanol–water partition coefficient (Wildman–Crippen LogP) is 3.84. The normalized spacial score (nSPS) is 21.0. The van der Waals surface area contributed by atoms with Crippen LogP contribution in [0, 0.1) is 0 Å². The first-order valence-electron chi connectivity index (χ1n) is 8.22. The molecule has 1 aliphatic heterocycles. The van der Waals surface area contributed by atoms with Crippen LogP contribution in [0.1, 0.15) is 12.0 Å². The van der Waals surface area contributed by atoms with E-state index in [9.17, 15) is 0 Å². The molecule has 2 aromatic rings. The lowest BCUT2D eigenvalue weighted by Gasteiger charge is -2.35. The molecule has 0 saturated carbocycles. The fraction of sp³-hybridized carbons (Fsp3) is 0.238. The van der Waals surface area contributed by atoms with Gasteiger partial charge in [0, 0.05) is 0 Å². The Morgan fingerprint density at radius 1 is 0.833 bits per heavy atom. The lowest BCUT2D eigenvalue weighted by atomic mass is 9.76. The summed E-state index contributed by atoms with van der Waals surface area (Å²) in [6, 6.07) is 19.6. The minimum absolute atomic E-state index is 0.278. The van der Waals surface area contributed by atoms with Gasteiger partial charge in [0.1, 0.15) is 16.9 Å². The van der Waals surface area contributed by atoms with E-state index in [2.05, 4.69) is 66.7 Å². The third kappa shape index (κ3) is 2.13. The second-order valence-corrected chi connectivity index (χ2v) is 8.30. The summed E-state index contributed by atoms with van der Waals surface area (Å²) in [5.74, 6) is 2.05. The van der Waals surface area contributed by atoms with E-state index in [1.54, 1.807) is 14.2 Å². The maximum Gasteiger partial charge on any atom is 0.114 e. The Labute approximate surface area is 144 Å². The van der Waals surface area contributed by atoms with Crippen molar-refractivity contribution in [2.45, 2.75) is 11.8 Å². The Hall–Kier alpha value is -2.05. The predicted molar refractivity (Wildman–Crippen MR) is 100 cm³/mol. The Kier molecular flexibility index (Phi) is 3.94. The van der Waals surface area contributed by atoms with E-state index in [4.69, 9.17) is 9.47 Å². The van der Waals surface area contributed by atoms with Crippen LogP contribution in [0.2, 0.25) is 0 Å². The summed E-state index contributed by atoms with van der Waals surface area (Å²) in [7, 11) is 3.12. The van der Waals surface area contributed by atoms with Gasteiger partial charge in [-0.2, -0.15) is 0 Å². The molecule has 24 heavy (non-hydrogen) atoms. The van der Waals surface area contributed by atoms with Crippen LogP contribution in [0.4, 0.5) is 0 Å². The van der Waals surface area contributed by atoms with Gasteiger partial charge in [-0.3, -0.25) is 0 Å². The van der Waals surface area contributed by atoms with E-state index in [-0.39, 0.29) is 5.41 Å². The topological polar surface area (TPSA) is 18.5 Å². The molecule has 2 aliphatic rings. The highest BCUT2D eigenvalue weighted by Crippen LogP contribution is 2.57. The van der Waals surface area contributed by atoms with Crippen molar-refractivity contribution in [3.05, 3.63) is 83.8 Å². The van der Waals surface area contributed by atoms with Gasteiger partial charge in [-0.25, -0.2) is 0 Å². The van der Waals surface area contributed by atoms with E-state index in [0.717, 1.165) is 24.1 Å². The molecule has 4 rings (SSSR count). The smallest absolute Gasteiger partial charge is 0.114 e. The Bertz CT molecular complexity index is 788. The highest BCUT2D eigenvalue weighted by atomic mass is 31.1. The van der Waals surface area contributed by atoms with Crippen LogP contribution in [0.25, 0.3) is 0 Å². The molecule has 0 unspecified atom stereocenters. The molecule has 0 fully saturated rings. The van der Waals surface area contributed by atoms with E-state index < -0.39 is 7.92 Å². The standard InChI is InChI=1S/C21H21O2P/c1-22-19-13-8-14-20(23-2)21(19)15-24(16-9-4-3-5-10-16)18-12-7-6-11-17(18)21/h3-7,9-14H,8,15H2,1-2H3/t24-/m0/s1. The Balaban J connectivity index is 1.93. The van der Waals surface area contributed by atoms with Crippen LogP contribution in [-0.2, 0) is 14.9 Å². The number of methoxy groups -OCH3 is 2. The highest BCUT2D eigenvalue weighted by Gasteiger charge is 2.52. The average Bonchev–Trinajstić information content (AvgIpc) is 2.99. The summed E-state index contributed by atoms with van der Waals surface area (Å²) >= 11 is 0. The molecule has 0 amide bonds. The first-order chi connectivity index (χ1) is 11.8. The number of allylic oxidation sites excluding steroid dienone is 2. The van der Waals surface area contributed by atoms with Gasteiger partial charge >= 0.3 is 0 Å². The van der Waals surface area contributed by atoms with Crippen LogP contribution >= 0.6 is 7.92 Å². The number of rotatable bonds is 3. The van der Waals surface area contributed by atoms with Gasteiger partial charge in [-0.05, 0) is 48.8 Å². The molecule has 1 atom stereocenters. The monoisotopic (exact) mass is 336 g/mol. The van der Waals surface area contributed by atoms with Crippen molar-refractivity contribution >= 4 is 18.5 Å². The van der Waals surface area contributed by atoms with Crippen molar-refractivity contribution in [1.82, 2.24) is 0 Å². The molecule has 1 aliphatic carbocycles. The van der Waals surface area contributed by atoms with Gasteiger partial charge in [-0.15, -0.1) is 0 Å². The van der Waals surface area contributed by atoms with Crippen molar-refractivity contribution < 1.29 is 9.47 Å². The van der Waals surface area contributed by atoms with Crippen molar-refractivity contribution in [1.29, 1.82) is 0 Å². The molecule has 1 heterocycles. The van der Waals surface area contributed by atoms with Crippen LogP contribution in [0.15, 0.2) is 78.3 Å². The molecule has 2 nitrogen and oxygen atoms in total. The summed E-state index contributed by atoms with van der Waals surface area (Å²) < 4.78 is 11.7. The largest absolute Gasteiger partial charge is 0.500 e. The maximum absolute atomic E-state index is 5.85. The van der Waals surface area contributed by atoms with E-state index >= 15 is 0 Å². The second-order valence-electron chi connectivity index (χ2n) is 6.12. The lowest BCUT2D eigenvalue weighted by Crippen LogP contribution is -2.35. The molecule has 3 heteroatoms. The van der Waals surface area contributed by atoms with Gasteiger partial charge in [0.15, 0.2) is 0 Å². The molecule has 0 saturated heterocycles. The minimum Gasteiger partial charge on any atom is -0.500 e. The molecular formula is C21H21O2P. The van der Waals surface area contributed by atoms with Gasteiger partial charge in [0.05, 0.1) is 14.2 Å². The Morgan fingerprint density at radius 2 is 1.46 bits per heavy atom. The first-order valence-corrected chi connectivity index (χ1v) is 9.75. The number of ether oxygens (including phenoxy) is 2. The molecule has 2 aromatic carbocycles. The summed E-state index contributed by atoms with van der Waals surface area (Å²) in [5, 5.41) is 2.85. The number of benzene rings is 2. The summed E-state index contributed by atoms with van der Waals surface area (Å²) in [6.45, 7) is 0. The Morgan fingerprint density at radius 3 is 2.12 bits per heavy atom. The fourth-order valence-electron chi connectivity index (χ4n) is 4.00. The van der Waals surface area contributed by atoms with Gasteiger partial charge in [0.25, 0.3) is 0 Å².